The number of fused-ring (bicyclic) bond motifs is 3. The van der Waals surface area contributed by atoms with Gasteiger partial charge in [-0.2, -0.15) is 0 Å². The molecule has 0 radical (unpaired) electrons. The van der Waals surface area contributed by atoms with Gasteiger partial charge in [-0.25, -0.2) is 0 Å². The number of carbonyl (C=O) groups is 1. The molecular formula is C17H14ClN5O2. The standard InChI is InChI=1S/C17H14ClN5O2/c18-10-1-6-15-13(7-10)21-14(17-22-19-9-23(15)17)8-16(25)20-11-2-4-12(24)5-3-11/h1-7,9,14,21,24H,8H2,(H,20,25)/i8D2/hD3. The molecule has 25 heavy (non-hydrogen) atoms. The van der Waals surface area contributed by atoms with Gasteiger partial charge >= 0.3 is 0 Å². The van der Waals surface area contributed by atoms with Crippen LogP contribution < -0.4 is 10.6 Å². The number of phenols is 1. The molecule has 3 aromatic rings. The number of hydrogen-bond acceptors (Lipinski definition) is 5. The lowest BCUT2D eigenvalue weighted by Crippen LogP contribution is -2.26. The Kier molecular flexibility index (Phi) is 2.62. The summed E-state index contributed by atoms with van der Waals surface area (Å²) in [7, 11) is 0. The average Bonchev–Trinajstić information content (AvgIpc) is 3.22. The fourth-order valence-corrected chi connectivity index (χ4v) is 2.67. The molecule has 0 saturated heterocycles. The first-order chi connectivity index (χ1) is 14.3. The van der Waals surface area contributed by atoms with E-state index >= 15 is 0 Å². The number of hydrogen-bond donors (Lipinski definition) is 3. The molecule has 2 aromatic carbocycles. The second-order valence-electron chi connectivity index (χ2n) is 5.28. The van der Waals surface area contributed by atoms with Crippen LogP contribution in [0.1, 0.15) is 21.0 Å². The van der Waals surface area contributed by atoms with Crippen LogP contribution in [0.5, 0.6) is 5.75 Å². The van der Waals surface area contributed by atoms with Gasteiger partial charge in [0.1, 0.15) is 12.1 Å². The normalized spacial score (nSPS) is 18.7. The van der Waals surface area contributed by atoms with E-state index in [9.17, 15) is 4.79 Å². The predicted octanol–water partition coefficient (Wildman–Crippen LogP) is 3.12. The highest BCUT2D eigenvalue weighted by Crippen LogP contribution is 2.35. The summed E-state index contributed by atoms with van der Waals surface area (Å²) in [6.45, 7) is 0. The van der Waals surface area contributed by atoms with E-state index in [1.54, 1.807) is 12.1 Å². The zero-order valence-electron chi connectivity index (χ0n) is 17.6. The topological polar surface area (TPSA) is 92.1 Å². The zero-order chi connectivity index (χ0) is 21.6. The smallest absolute Gasteiger partial charge is 0.293 e. The highest BCUT2D eigenvalue weighted by atomic mass is 35.5. The molecule has 126 valence electrons. The van der Waals surface area contributed by atoms with E-state index in [0.29, 0.717) is 16.0 Å². The van der Waals surface area contributed by atoms with Crippen LogP contribution in [0, 0.1) is 0 Å². The Hall–Kier alpha value is -3.06. The maximum atomic E-state index is 13.0. The highest BCUT2D eigenvalue weighted by Gasteiger charge is 2.28. The van der Waals surface area contributed by atoms with E-state index in [0.717, 1.165) is 5.31 Å². The lowest BCUT2D eigenvalue weighted by Gasteiger charge is -2.27. The number of nitrogens with zero attached hydrogens (tertiary/aromatic N) is 3. The first kappa shape index (κ1) is 10.7. The van der Waals surface area contributed by atoms with Gasteiger partial charge in [-0.15, -0.1) is 10.2 Å². The molecule has 1 aliphatic heterocycles. The minimum absolute atomic E-state index is 0.0459. The number of nitrogens with one attached hydrogen (secondary N) is 2. The fraction of sp³-hybridized carbons (Fsp3) is 0.118. The van der Waals surface area contributed by atoms with Gasteiger partial charge in [0.15, 0.2) is 8.65 Å². The number of amides is 1. The lowest BCUT2D eigenvalue weighted by molar-refractivity contribution is -0.116. The molecule has 1 unspecified atom stereocenters. The second-order valence-corrected chi connectivity index (χ2v) is 5.72. The average molecular weight is 361 g/mol. The summed E-state index contributed by atoms with van der Waals surface area (Å²) in [5.41, 5.74) is 0.856. The number of phenolic OH excluding ortho intramolecular Hbond substituents is 1. The molecule has 0 saturated carbocycles. The van der Waals surface area contributed by atoms with Crippen LogP contribution in [0.3, 0.4) is 0 Å². The van der Waals surface area contributed by atoms with Crippen LogP contribution in [0.15, 0.2) is 48.8 Å². The third kappa shape index (κ3) is 3.01. The largest absolute Gasteiger partial charge is 0.508 e. The van der Waals surface area contributed by atoms with E-state index in [4.69, 9.17) is 18.6 Å². The minimum atomic E-state index is -2.72. The van der Waals surface area contributed by atoms with Crippen LogP contribution in [0.2, 0.25) is 7.85 Å². The molecule has 0 fully saturated rings. The van der Waals surface area contributed by atoms with E-state index < -0.39 is 18.3 Å². The second kappa shape index (κ2) is 6.10. The quantitative estimate of drug-likeness (QED) is 0.622. The lowest BCUT2D eigenvalue weighted by atomic mass is 10.1. The SMILES string of the molecule is [2H]Oc1ccc(N([2H])C(=O)C([2H])([2H])C2c3nncn3-c3ccc(Cl)cc3N2[2H])cc1. The van der Waals surface area contributed by atoms with Gasteiger partial charge < -0.3 is 15.7 Å². The van der Waals surface area contributed by atoms with Crippen LogP contribution in [-0.4, -0.2) is 27.2 Å². The Bertz CT molecular complexity index is 1110. The molecule has 7 nitrogen and oxygen atoms in total. The van der Waals surface area contributed by atoms with Crippen molar-refractivity contribution in [3.8, 4) is 11.4 Å². The summed E-state index contributed by atoms with van der Waals surface area (Å²) in [5, 5.41) is 13.6. The van der Waals surface area contributed by atoms with Gasteiger partial charge in [-0.05, 0) is 42.5 Å². The number of carbonyl (C=O) groups excluding carboxylic acids is 1. The molecule has 1 atom stereocenters. The minimum Gasteiger partial charge on any atom is -0.508 e. The third-order valence-corrected chi connectivity index (χ3v) is 3.85. The van der Waals surface area contributed by atoms with Crippen LogP contribution in [0.25, 0.3) is 5.69 Å². The molecule has 2 heterocycles. The molecule has 0 aliphatic carbocycles. The number of anilines is 2. The van der Waals surface area contributed by atoms with Gasteiger partial charge in [0, 0.05) is 13.5 Å². The van der Waals surface area contributed by atoms with Crippen molar-refractivity contribution in [1.82, 2.24) is 14.8 Å². The number of aromatic nitrogens is 3. The third-order valence-electron chi connectivity index (χ3n) is 3.61. The first-order valence-corrected chi connectivity index (χ1v) is 7.68. The summed E-state index contributed by atoms with van der Waals surface area (Å²) in [4.78, 5) is 13.0. The molecule has 0 bridgehead atoms. The van der Waals surface area contributed by atoms with Crippen molar-refractivity contribution in [3.63, 3.8) is 0 Å². The van der Waals surface area contributed by atoms with Gasteiger partial charge in [-0.3, -0.25) is 9.36 Å². The van der Waals surface area contributed by atoms with Gasteiger partial charge in [0.05, 0.1) is 23.8 Å². The van der Waals surface area contributed by atoms with Crippen molar-refractivity contribution < 1.29 is 15.5 Å². The molecule has 1 aromatic heterocycles. The Morgan fingerprint density at radius 3 is 3.12 bits per heavy atom. The molecule has 8 heteroatoms. The predicted molar refractivity (Wildman–Crippen MR) is 94.1 cm³/mol. The van der Waals surface area contributed by atoms with E-state index in [1.165, 1.54) is 41.2 Å². The number of benzene rings is 2. The fourth-order valence-electron chi connectivity index (χ4n) is 2.50. The summed E-state index contributed by atoms with van der Waals surface area (Å²) < 4.78 is 42.0. The summed E-state index contributed by atoms with van der Waals surface area (Å²) >= 11 is 6.05. The maximum Gasteiger partial charge on any atom is 0.293 e. The van der Waals surface area contributed by atoms with Crippen molar-refractivity contribution in [2.24, 2.45) is 0 Å². The Balaban J connectivity index is 1.73. The highest BCUT2D eigenvalue weighted by molar-refractivity contribution is 6.31. The Morgan fingerprint density at radius 2 is 2.32 bits per heavy atom. The molecular weight excluding hydrogens is 342 g/mol. The maximum absolute atomic E-state index is 13.0. The molecule has 4 rings (SSSR count). The van der Waals surface area contributed by atoms with Gasteiger partial charge in [0.25, 0.3) is 1.43 Å². The Labute approximate surface area is 155 Å². The van der Waals surface area contributed by atoms with Crippen molar-refractivity contribution >= 4 is 28.9 Å². The van der Waals surface area contributed by atoms with Crippen molar-refractivity contribution in [3.05, 3.63) is 59.6 Å². The van der Waals surface area contributed by atoms with E-state index in [2.05, 4.69) is 15.3 Å². The molecule has 1 amide bonds. The van der Waals surface area contributed by atoms with E-state index in [-0.39, 0.29) is 22.9 Å². The van der Waals surface area contributed by atoms with Crippen LogP contribution in [0.4, 0.5) is 11.4 Å². The molecule has 0 spiro atoms. The molecule has 1 aliphatic rings. The van der Waals surface area contributed by atoms with E-state index in [1.807, 2.05) is 0 Å². The van der Waals surface area contributed by atoms with Crippen LogP contribution in [-0.2, 0) is 4.79 Å². The van der Waals surface area contributed by atoms with Crippen molar-refractivity contribution in [2.75, 3.05) is 10.6 Å². The summed E-state index contributed by atoms with van der Waals surface area (Å²) in [6, 6.07) is 8.71. The van der Waals surface area contributed by atoms with Crippen molar-refractivity contribution in [1.29, 1.82) is 1.43 Å². The molecule has 3 N–H and O–H groups in total. The van der Waals surface area contributed by atoms with Gasteiger partial charge in [0.2, 0.25) is 5.91 Å². The van der Waals surface area contributed by atoms with Crippen molar-refractivity contribution in [2.45, 2.75) is 12.4 Å². The number of rotatable bonds is 4. The summed E-state index contributed by atoms with van der Waals surface area (Å²) in [5.74, 6) is -0.956. The first-order valence-electron chi connectivity index (χ1n) is 9.60. The summed E-state index contributed by atoms with van der Waals surface area (Å²) in [6.07, 6.45) is -1.36. The number of aromatic hydroxyl groups is 1. The Morgan fingerprint density at radius 1 is 1.48 bits per heavy atom. The monoisotopic (exact) mass is 360 g/mol. The van der Waals surface area contributed by atoms with Crippen LogP contribution >= 0.6 is 11.6 Å². The zero-order valence-corrected chi connectivity index (χ0v) is 13.4. The van der Waals surface area contributed by atoms with Gasteiger partial charge in [-0.1, -0.05) is 11.6 Å². The number of halogens is 1.